The molecule has 3 aromatic rings. The second kappa shape index (κ2) is 10.4. The van der Waals surface area contributed by atoms with Gasteiger partial charge in [-0.1, -0.05) is 36.1 Å². The van der Waals surface area contributed by atoms with E-state index >= 15 is 0 Å². The van der Waals surface area contributed by atoms with Crippen molar-refractivity contribution in [2.45, 2.75) is 32.4 Å². The molecule has 0 radical (unpaired) electrons. The number of fused-ring (bicyclic) bond motifs is 1. The number of nitrogens with zero attached hydrogens (tertiary/aromatic N) is 2. The topological polar surface area (TPSA) is 115 Å². The maximum absolute atomic E-state index is 13.5. The minimum absolute atomic E-state index is 0.00258. The molecular formula is C29H26N2O7S. The van der Waals surface area contributed by atoms with Crippen LogP contribution in [0.4, 0.5) is 5.13 Å². The fourth-order valence-corrected chi connectivity index (χ4v) is 5.72. The van der Waals surface area contributed by atoms with Crippen molar-refractivity contribution in [3.8, 4) is 11.5 Å². The van der Waals surface area contributed by atoms with Gasteiger partial charge in [-0.15, -0.1) is 0 Å². The van der Waals surface area contributed by atoms with Gasteiger partial charge in [-0.25, -0.2) is 9.78 Å². The number of rotatable bonds is 7. The van der Waals surface area contributed by atoms with Crippen LogP contribution in [-0.2, 0) is 20.7 Å². The van der Waals surface area contributed by atoms with Crippen molar-refractivity contribution in [2.75, 3.05) is 18.6 Å². The van der Waals surface area contributed by atoms with Gasteiger partial charge in [0.05, 0.1) is 24.4 Å². The lowest BCUT2D eigenvalue weighted by Gasteiger charge is -2.23. The third-order valence-electron chi connectivity index (χ3n) is 6.55. The lowest BCUT2D eigenvalue weighted by Crippen LogP contribution is -2.29. The van der Waals surface area contributed by atoms with E-state index in [4.69, 9.17) is 14.2 Å². The summed E-state index contributed by atoms with van der Waals surface area (Å²) in [5.74, 6) is -1.33. The van der Waals surface area contributed by atoms with Crippen LogP contribution in [-0.4, -0.2) is 47.6 Å². The number of benzene rings is 2. The molecule has 2 aliphatic rings. The summed E-state index contributed by atoms with van der Waals surface area (Å²) < 4.78 is 16.2. The molecule has 5 rings (SSSR count). The van der Waals surface area contributed by atoms with E-state index in [9.17, 15) is 19.5 Å². The van der Waals surface area contributed by atoms with E-state index in [-0.39, 0.29) is 34.1 Å². The van der Waals surface area contributed by atoms with Crippen LogP contribution in [0.25, 0.3) is 5.76 Å². The van der Waals surface area contributed by atoms with Crippen LogP contribution in [0.15, 0.2) is 60.7 Å². The van der Waals surface area contributed by atoms with Crippen molar-refractivity contribution in [3.63, 3.8) is 0 Å². The number of hydrogen-bond donors (Lipinski definition) is 1. The molecule has 1 fully saturated rings. The normalized spacial score (nSPS) is 19.5. The highest BCUT2D eigenvalue weighted by Gasteiger charge is 2.48. The average Bonchev–Trinajstić information content (AvgIpc) is 3.58. The lowest BCUT2D eigenvalue weighted by atomic mass is 9.94. The Morgan fingerprint density at radius 3 is 2.69 bits per heavy atom. The molecule has 0 aliphatic carbocycles. The zero-order valence-corrected chi connectivity index (χ0v) is 22.4. The molecule has 0 bridgehead atoms. The number of thiazole rings is 1. The van der Waals surface area contributed by atoms with E-state index < -0.39 is 23.7 Å². The standard InChI is InChI=1S/C29H26N2O7S/c1-5-12-37-28(35)26-16(3)30-29(39-26)31-23(17-6-9-20(36-4)10-7-17)22(25(33)27(31)34)24(32)18-8-11-21-19(14-18)13-15(2)38-21/h5-11,14-15,23,32H,1,12-13H2,2-4H3/b24-22+/t15-,23-/m1/s1. The highest BCUT2D eigenvalue weighted by atomic mass is 32.1. The molecule has 1 amide bonds. The molecule has 2 aliphatic heterocycles. The zero-order valence-electron chi connectivity index (χ0n) is 21.6. The molecule has 10 heteroatoms. The molecule has 3 heterocycles. The number of aliphatic hydroxyl groups excluding tert-OH is 1. The summed E-state index contributed by atoms with van der Waals surface area (Å²) in [6.45, 7) is 7.13. The fourth-order valence-electron chi connectivity index (χ4n) is 4.73. The van der Waals surface area contributed by atoms with Gasteiger partial charge < -0.3 is 19.3 Å². The van der Waals surface area contributed by atoms with Crippen LogP contribution in [0.1, 0.15) is 45.0 Å². The second-order valence-corrected chi connectivity index (χ2v) is 10.2. The first kappa shape index (κ1) is 26.2. The Morgan fingerprint density at radius 2 is 2.00 bits per heavy atom. The van der Waals surface area contributed by atoms with E-state index in [0.717, 1.165) is 22.6 Å². The summed E-state index contributed by atoms with van der Waals surface area (Å²) in [6, 6.07) is 11.0. The lowest BCUT2D eigenvalue weighted by molar-refractivity contribution is -0.132. The summed E-state index contributed by atoms with van der Waals surface area (Å²) in [4.78, 5) is 45.4. The third kappa shape index (κ3) is 4.67. The van der Waals surface area contributed by atoms with Gasteiger partial charge in [0, 0.05) is 12.0 Å². The Kier molecular flexibility index (Phi) is 6.96. The van der Waals surface area contributed by atoms with Gasteiger partial charge in [0.25, 0.3) is 5.78 Å². The molecule has 0 spiro atoms. The molecule has 0 saturated carbocycles. The number of methoxy groups -OCH3 is 1. The molecule has 1 N–H and O–H groups in total. The number of aryl methyl sites for hydroxylation is 1. The van der Waals surface area contributed by atoms with Crippen molar-refractivity contribution in [2.24, 2.45) is 0 Å². The summed E-state index contributed by atoms with van der Waals surface area (Å²) in [7, 11) is 1.53. The monoisotopic (exact) mass is 546 g/mol. The fraction of sp³-hybridized carbons (Fsp3) is 0.241. The SMILES string of the molecule is C=CCOC(=O)c1sc(N2C(=O)C(=O)/C(=C(/O)c3ccc4c(c3)C[C@@H](C)O4)[C@H]2c2ccc(OC)cc2)nc1C. The first-order valence-corrected chi connectivity index (χ1v) is 13.1. The highest BCUT2D eigenvalue weighted by Crippen LogP contribution is 2.44. The molecule has 2 atom stereocenters. The number of esters is 1. The Balaban J connectivity index is 1.64. The number of ketones is 1. The van der Waals surface area contributed by atoms with Crippen molar-refractivity contribution in [1.29, 1.82) is 0 Å². The minimum Gasteiger partial charge on any atom is -0.507 e. The second-order valence-electron chi connectivity index (χ2n) is 9.20. The number of aliphatic hydroxyl groups is 1. The molecular weight excluding hydrogens is 520 g/mol. The highest BCUT2D eigenvalue weighted by molar-refractivity contribution is 7.17. The third-order valence-corrected chi connectivity index (χ3v) is 7.69. The largest absolute Gasteiger partial charge is 0.507 e. The number of carbonyl (C=O) groups excluding carboxylic acids is 3. The quantitative estimate of drug-likeness (QED) is 0.148. The van der Waals surface area contributed by atoms with Crippen LogP contribution < -0.4 is 14.4 Å². The van der Waals surface area contributed by atoms with E-state index in [0.29, 0.717) is 29.0 Å². The smallest absolute Gasteiger partial charge is 0.350 e. The van der Waals surface area contributed by atoms with Gasteiger partial charge in [0.2, 0.25) is 0 Å². The number of hydrogen-bond acceptors (Lipinski definition) is 9. The van der Waals surface area contributed by atoms with Crippen molar-refractivity contribution in [1.82, 2.24) is 4.98 Å². The number of amides is 1. The van der Waals surface area contributed by atoms with Crippen LogP contribution in [0.2, 0.25) is 0 Å². The van der Waals surface area contributed by atoms with Gasteiger partial charge in [0.1, 0.15) is 34.8 Å². The first-order chi connectivity index (χ1) is 18.7. The Hall–Kier alpha value is -4.44. The molecule has 1 aromatic heterocycles. The van der Waals surface area contributed by atoms with Gasteiger partial charge in [0.15, 0.2) is 5.13 Å². The van der Waals surface area contributed by atoms with E-state index in [1.165, 1.54) is 18.1 Å². The molecule has 39 heavy (non-hydrogen) atoms. The van der Waals surface area contributed by atoms with E-state index in [1.54, 1.807) is 49.4 Å². The number of carbonyl (C=O) groups is 3. The maximum Gasteiger partial charge on any atom is 0.350 e. The number of ether oxygens (including phenoxy) is 3. The van der Waals surface area contributed by atoms with E-state index in [2.05, 4.69) is 11.6 Å². The summed E-state index contributed by atoms with van der Waals surface area (Å²) in [5.41, 5.74) is 2.12. The van der Waals surface area contributed by atoms with Crippen molar-refractivity contribution >= 4 is 39.9 Å². The number of Topliss-reactive ketones (excluding diaryl/α,β-unsaturated/α-hetero) is 1. The zero-order chi connectivity index (χ0) is 27.8. The van der Waals surface area contributed by atoms with Crippen molar-refractivity contribution < 1.29 is 33.7 Å². The minimum atomic E-state index is -0.998. The first-order valence-electron chi connectivity index (χ1n) is 12.2. The van der Waals surface area contributed by atoms with E-state index in [1.807, 2.05) is 6.92 Å². The Labute approximate surface area is 229 Å². The average molecular weight is 547 g/mol. The van der Waals surface area contributed by atoms with Gasteiger partial charge >= 0.3 is 11.9 Å². The summed E-state index contributed by atoms with van der Waals surface area (Å²) >= 11 is 0.941. The molecule has 200 valence electrons. The molecule has 9 nitrogen and oxygen atoms in total. The molecule has 0 unspecified atom stereocenters. The Bertz CT molecular complexity index is 1520. The Morgan fingerprint density at radius 1 is 1.26 bits per heavy atom. The predicted octanol–water partition coefficient (Wildman–Crippen LogP) is 4.75. The summed E-state index contributed by atoms with van der Waals surface area (Å²) in [6.07, 6.45) is 2.11. The van der Waals surface area contributed by atoms with Crippen LogP contribution in [0, 0.1) is 6.92 Å². The van der Waals surface area contributed by atoms with Gasteiger partial charge in [-0.05, 0) is 55.3 Å². The van der Waals surface area contributed by atoms with Gasteiger partial charge in [-0.2, -0.15) is 0 Å². The van der Waals surface area contributed by atoms with Gasteiger partial charge in [-0.3, -0.25) is 14.5 Å². The van der Waals surface area contributed by atoms with Crippen LogP contribution in [0.5, 0.6) is 11.5 Å². The predicted molar refractivity (Wildman–Crippen MR) is 145 cm³/mol. The molecule has 2 aromatic carbocycles. The molecule has 1 saturated heterocycles. The van der Waals surface area contributed by atoms with Crippen molar-refractivity contribution in [3.05, 3.63) is 88.0 Å². The number of aromatic nitrogens is 1. The van der Waals surface area contributed by atoms with Crippen LogP contribution >= 0.6 is 11.3 Å². The maximum atomic E-state index is 13.5. The number of anilines is 1. The summed E-state index contributed by atoms with van der Waals surface area (Å²) in [5, 5.41) is 11.6. The van der Waals surface area contributed by atoms with Crippen LogP contribution in [0.3, 0.4) is 0 Å².